The van der Waals surface area contributed by atoms with Crippen LogP contribution in [0.3, 0.4) is 0 Å². The molecular weight excluding hydrogens is 277 g/mol. The van der Waals surface area contributed by atoms with Gasteiger partial charge < -0.3 is 11.1 Å². The van der Waals surface area contributed by atoms with Gasteiger partial charge in [-0.15, -0.1) is 4.51 Å². The first-order valence-corrected chi connectivity index (χ1v) is 4.81. The molecule has 3 N–H and O–H groups in total. The van der Waals surface area contributed by atoms with Crippen molar-refractivity contribution in [2.45, 2.75) is 0 Å². The Labute approximate surface area is 94.2 Å². The fourth-order valence-corrected chi connectivity index (χ4v) is 1.51. The van der Waals surface area contributed by atoms with Crippen LogP contribution in [0.5, 0.6) is 0 Å². The predicted octanol–water partition coefficient (Wildman–Crippen LogP) is 2.98. The predicted molar refractivity (Wildman–Crippen MR) is 60.3 cm³/mol. The van der Waals surface area contributed by atoms with E-state index in [2.05, 4.69) is 25.8 Å². The Balaban J connectivity index is 2.90. The lowest BCUT2D eigenvalue weighted by molar-refractivity contribution is 1.53. The molecule has 0 aromatic heterocycles. The zero-order valence-electron chi connectivity index (χ0n) is 6.39. The van der Waals surface area contributed by atoms with E-state index in [0.29, 0.717) is 10.7 Å². The van der Waals surface area contributed by atoms with Crippen molar-refractivity contribution < 1.29 is 0 Å². The Kier molecular flexibility index (Phi) is 3.84. The van der Waals surface area contributed by atoms with Crippen molar-refractivity contribution in [1.29, 1.82) is 0 Å². The molecule has 0 bridgehead atoms. The summed E-state index contributed by atoms with van der Waals surface area (Å²) >= 11 is 14.3. The number of guanidine groups is 1. The summed E-state index contributed by atoms with van der Waals surface area (Å²) in [6.45, 7) is 0. The van der Waals surface area contributed by atoms with Gasteiger partial charge in [-0.3, -0.25) is 0 Å². The third-order valence-electron chi connectivity index (χ3n) is 1.28. The molecule has 0 unspecified atom stereocenters. The molecular formula is C7H6BrCl2N3. The van der Waals surface area contributed by atoms with Crippen LogP contribution in [0, 0.1) is 0 Å². The smallest absolute Gasteiger partial charge is 0.210 e. The van der Waals surface area contributed by atoms with Crippen LogP contribution in [0.25, 0.3) is 0 Å². The van der Waals surface area contributed by atoms with Crippen molar-refractivity contribution >= 4 is 51.0 Å². The average Bonchev–Trinajstić information content (AvgIpc) is 2.09. The molecule has 0 amide bonds. The highest BCUT2D eigenvalue weighted by molar-refractivity contribution is 9.10. The van der Waals surface area contributed by atoms with Gasteiger partial charge in [-0.25, -0.2) is 0 Å². The maximum absolute atomic E-state index is 5.88. The summed E-state index contributed by atoms with van der Waals surface area (Å²) in [4.78, 5) is 0. The van der Waals surface area contributed by atoms with Crippen molar-refractivity contribution in [3.8, 4) is 0 Å². The molecule has 0 aliphatic heterocycles. The maximum atomic E-state index is 5.88. The maximum Gasteiger partial charge on any atom is 0.210 e. The highest BCUT2D eigenvalue weighted by Gasteiger charge is 2.01. The van der Waals surface area contributed by atoms with Crippen molar-refractivity contribution in [3.63, 3.8) is 0 Å². The number of benzene rings is 1. The summed E-state index contributed by atoms with van der Waals surface area (Å²) in [6, 6.07) is 5.34. The van der Waals surface area contributed by atoms with Crippen LogP contribution in [-0.2, 0) is 0 Å². The zero-order chi connectivity index (χ0) is 9.84. The number of rotatable bonds is 1. The molecule has 0 atom stereocenters. The number of anilines is 1. The minimum atomic E-state index is 0.103. The molecule has 0 spiro atoms. The summed E-state index contributed by atoms with van der Waals surface area (Å²) in [6.07, 6.45) is 0. The molecule has 0 heterocycles. The average molecular weight is 283 g/mol. The Hall–Kier alpha value is -0.450. The van der Waals surface area contributed by atoms with E-state index in [4.69, 9.17) is 29.1 Å². The first-order chi connectivity index (χ1) is 6.13. The van der Waals surface area contributed by atoms with Gasteiger partial charge in [-0.1, -0.05) is 27.5 Å². The minimum absolute atomic E-state index is 0.103. The van der Waals surface area contributed by atoms with Crippen molar-refractivity contribution in [3.05, 3.63) is 27.7 Å². The van der Waals surface area contributed by atoms with Crippen LogP contribution in [0.4, 0.5) is 5.69 Å². The normalized spacial score (nSPS) is 11.5. The molecule has 0 aliphatic rings. The standard InChI is InChI=1S/C7H6BrCl2N3/c8-4-1-2-6(5(9)3-4)12-7(11)13-10/h1-3H,(H3,11,12,13). The number of nitrogens with one attached hydrogen (secondary N) is 1. The molecule has 6 heteroatoms. The first kappa shape index (κ1) is 10.6. The van der Waals surface area contributed by atoms with Gasteiger partial charge in [-0.2, -0.15) is 0 Å². The monoisotopic (exact) mass is 281 g/mol. The Bertz CT molecular complexity index is 341. The lowest BCUT2D eigenvalue weighted by atomic mass is 10.3. The van der Waals surface area contributed by atoms with Crippen LogP contribution in [-0.4, -0.2) is 5.96 Å². The van der Waals surface area contributed by atoms with Crippen LogP contribution < -0.4 is 11.1 Å². The second-order valence-corrected chi connectivity index (χ2v) is 3.71. The first-order valence-electron chi connectivity index (χ1n) is 3.30. The largest absolute Gasteiger partial charge is 0.369 e. The van der Waals surface area contributed by atoms with Gasteiger partial charge in [0, 0.05) is 16.2 Å². The lowest BCUT2D eigenvalue weighted by Crippen LogP contribution is -2.21. The molecule has 3 nitrogen and oxygen atoms in total. The van der Waals surface area contributed by atoms with Crippen LogP contribution in [0.15, 0.2) is 27.2 Å². The molecule has 0 aliphatic carbocycles. The van der Waals surface area contributed by atoms with Gasteiger partial charge >= 0.3 is 0 Å². The summed E-state index contributed by atoms with van der Waals surface area (Å²) in [5, 5.41) is 3.27. The van der Waals surface area contributed by atoms with E-state index in [1.165, 1.54) is 0 Å². The van der Waals surface area contributed by atoms with Gasteiger partial charge in [0.25, 0.3) is 0 Å². The molecule has 0 radical (unpaired) electrons. The van der Waals surface area contributed by atoms with Gasteiger partial charge in [0.2, 0.25) is 5.96 Å². The topological polar surface area (TPSA) is 50.4 Å². The highest BCUT2D eigenvalue weighted by Crippen LogP contribution is 2.25. The van der Waals surface area contributed by atoms with E-state index in [1.807, 2.05) is 6.07 Å². The Morgan fingerprint density at radius 2 is 2.23 bits per heavy atom. The summed E-state index contributed by atoms with van der Waals surface area (Å²) in [7, 11) is 0. The number of nitrogens with zero attached hydrogens (tertiary/aromatic N) is 1. The summed E-state index contributed by atoms with van der Waals surface area (Å²) in [5.74, 6) is 0.103. The molecule has 1 aromatic rings. The van der Waals surface area contributed by atoms with Gasteiger partial charge in [0.15, 0.2) is 0 Å². The second kappa shape index (κ2) is 4.69. The molecule has 70 valence electrons. The van der Waals surface area contributed by atoms with E-state index in [9.17, 15) is 0 Å². The third-order valence-corrected chi connectivity index (χ3v) is 2.27. The van der Waals surface area contributed by atoms with Crippen molar-refractivity contribution in [2.75, 3.05) is 5.32 Å². The van der Waals surface area contributed by atoms with Crippen LogP contribution >= 0.6 is 39.3 Å². The SMILES string of the molecule is NC(=NCl)Nc1ccc(Br)cc1Cl. The molecule has 0 saturated heterocycles. The number of hydrogen-bond donors (Lipinski definition) is 2. The van der Waals surface area contributed by atoms with E-state index >= 15 is 0 Å². The van der Waals surface area contributed by atoms with E-state index in [-0.39, 0.29) is 5.96 Å². The second-order valence-electron chi connectivity index (χ2n) is 2.22. The minimum Gasteiger partial charge on any atom is -0.369 e. The summed E-state index contributed by atoms with van der Waals surface area (Å²) in [5.41, 5.74) is 6.01. The van der Waals surface area contributed by atoms with Crippen molar-refractivity contribution in [1.82, 2.24) is 0 Å². The van der Waals surface area contributed by atoms with E-state index < -0.39 is 0 Å². The van der Waals surface area contributed by atoms with Crippen LogP contribution in [0.2, 0.25) is 5.02 Å². The van der Waals surface area contributed by atoms with Crippen LogP contribution in [0.1, 0.15) is 0 Å². The molecule has 0 fully saturated rings. The highest BCUT2D eigenvalue weighted by atomic mass is 79.9. The Morgan fingerprint density at radius 1 is 1.54 bits per heavy atom. The number of halogens is 3. The molecule has 1 aromatic carbocycles. The fraction of sp³-hybridized carbons (Fsp3) is 0. The molecule has 13 heavy (non-hydrogen) atoms. The van der Waals surface area contributed by atoms with Gasteiger partial charge in [0.05, 0.1) is 10.7 Å². The van der Waals surface area contributed by atoms with Gasteiger partial charge in [0.1, 0.15) is 0 Å². The summed E-state index contributed by atoms with van der Waals surface area (Å²) < 4.78 is 4.13. The third kappa shape index (κ3) is 3.06. The van der Waals surface area contributed by atoms with Gasteiger partial charge in [-0.05, 0) is 18.2 Å². The van der Waals surface area contributed by atoms with E-state index in [0.717, 1.165) is 4.47 Å². The molecule has 0 saturated carbocycles. The fourth-order valence-electron chi connectivity index (χ4n) is 0.750. The number of hydrogen-bond acceptors (Lipinski definition) is 1. The lowest BCUT2D eigenvalue weighted by Gasteiger charge is -2.05. The molecule has 1 rings (SSSR count). The van der Waals surface area contributed by atoms with E-state index in [1.54, 1.807) is 12.1 Å². The Morgan fingerprint density at radius 3 is 2.77 bits per heavy atom. The number of nitrogens with two attached hydrogens (primary N) is 1. The zero-order valence-corrected chi connectivity index (χ0v) is 9.49. The quantitative estimate of drug-likeness (QED) is 0.615. The van der Waals surface area contributed by atoms with Crippen molar-refractivity contribution in [2.24, 2.45) is 10.2 Å².